The van der Waals surface area contributed by atoms with Crippen LogP contribution in [0, 0.1) is 0 Å². The van der Waals surface area contributed by atoms with Crippen LogP contribution in [0.25, 0.3) is 11.0 Å². The third kappa shape index (κ3) is 2.96. The number of hydrogen-bond donors (Lipinski definition) is 2. The summed E-state index contributed by atoms with van der Waals surface area (Å²) in [7, 11) is 0. The molecule has 4 nitrogen and oxygen atoms in total. The van der Waals surface area contributed by atoms with Gasteiger partial charge in [-0.15, -0.1) is 0 Å². The van der Waals surface area contributed by atoms with Gasteiger partial charge in [0, 0.05) is 19.2 Å². The SMILES string of the molecule is CCn1c(C(C)NC(C)CCO)nc2ccccc21. The van der Waals surface area contributed by atoms with Crippen LogP contribution in [0.2, 0.25) is 0 Å². The van der Waals surface area contributed by atoms with Crippen molar-refractivity contribution in [3.05, 3.63) is 30.1 Å². The van der Waals surface area contributed by atoms with E-state index in [2.05, 4.69) is 42.8 Å². The van der Waals surface area contributed by atoms with Crippen LogP contribution >= 0.6 is 0 Å². The normalized spacial score (nSPS) is 14.7. The maximum absolute atomic E-state index is 8.97. The standard InChI is InChI=1S/C15H23N3O/c1-4-18-14-8-6-5-7-13(14)17-15(18)12(3)16-11(2)9-10-19/h5-8,11-12,16,19H,4,9-10H2,1-3H3. The molecule has 1 aromatic carbocycles. The summed E-state index contributed by atoms with van der Waals surface area (Å²) in [5.41, 5.74) is 2.23. The molecule has 0 spiro atoms. The average Bonchev–Trinajstić information content (AvgIpc) is 2.77. The van der Waals surface area contributed by atoms with Crippen molar-refractivity contribution in [2.24, 2.45) is 0 Å². The van der Waals surface area contributed by atoms with Gasteiger partial charge in [-0.05, 0) is 39.3 Å². The number of fused-ring (bicyclic) bond motifs is 1. The number of hydrogen-bond acceptors (Lipinski definition) is 3. The molecule has 19 heavy (non-hydrogen) atoms. The predicted molar refractivity (Wildman–Crippen MR) is 78.1 cm³/mol. The molecule has 0 saturated carbocycles. The molecule has 0 fully saturated rings. The summed E-state index contributed by atoms with van der Waals surface area (Å²) in [5, 5.41) is 12.5. The minimum Gasteiger partial charge on any atom is -0.396 e. The Morgan fingerprint density at radius 1 is 1.32 bits per heavy atom. The van der Waals surface area contributed by atoms with Gasteiger partial charge in [-0.1, -0.05) is 12.1 Å². The molecule has 2 N–H and O–H groups in total. The molecule has 104 valence electrons. The first-order valence-corrected chi connectivity index (χ1v) is 6.99. The van der Waals surface area contributed by atoms with E-state index in [0.717, 1.165) is 24.3 Å². The Morgan fingerprint density at radius 2 is 2.05 bits per heavy atom. The predicted octanol–water partition coefficient (Wildman–Crippen LogP) is 2.48. The summed E-state index contributed by atoms with van der Waals surface area (Å²) in [6.07, 6.45) is 0.761. The molecule has 4 heteroatoms. The van der Waals surface area contributed by atoms with Crippen LogP contribution in [0.3, 0.4) is 0 Å². The summed E-state index contributed by atoms with van der Waals surface area (Å²) < 4.78 is 2.25. The van der Waals surface area contributed by atoms with Gasteiger partial charge in [0.05, 0.1) is 17.1 Å². The largest absolute Gasteiger partial charge is 0.396 e. The molecule has 2 unspecified atom stereocenters. The minimum absolute atomic E-state index is 0.175. The first-order chi connectivity index (χ1) is 9.17. The molecule has 2 atom stereocenters. The highest BCUT2D eigenvalue weighted by atomic mass is 16.3. The second kappa shape index (κ2) is 6.17. The third-order valence-electron chi connectivity index (χ3n) is 3.48. The summed E-state index contributed by atoms with van der Waals surface area (Å²) in [6, 6.07) is 8.69. The zero-order valence-electron chi connectivity index (χ0n) is 11.9. The molecule has 0 aliphatic rings. The van der Waals surface area contributed by atoms with Crippen LogP contribution < -0.4 is 5.32 Å². The molecule has 2 rings (SSSR count). The second-order valence-corrected chi connectivity index (χ2v) is 5.00. The average molecular weight is 261 g/mol. The number of aliphatic hydroxyl groups is 1. The van der Waals surface area contributed by atoms with Crippen LogP contribution in [-0.4, -0.2) is 27.3 Å². The van der Waals surface area contributed by atoms with Crippen molar-refractivity contribution in [1.82, 2.24) is 14.9 Å². The van der Waals surface area contributed by atoms with Crippen LogP contribution in [0.4, 0.5) is 0 Å². The lowest BCUT2D eigenvalue weighted by molar-refractivity contribution is 0.263. The van der Waals surface area contributed by atoms with E-state index in [9.17, 15) is 0 Å². The van der Waals surface area contributed by atoms with E-state index >= 15 is 0 Å². The summed E-state index contributed by atoms with van der Waals surface area (Å²) in [4.78, 5) is 4.73. The van der Waals surface area contributed by atoms with E-state index in [4.69, 9.17) is 10.1 Å². The quantitative estimate of drug-likeness (QED) is 0.840. The van der Waals surface area contributed by atoms with E-state index < -0.39 is 0 Å². The Hall–Kier alpha value is -1.39. The van der Waals surface area contributed by atoms with Gasteiger partial charge in [0.25, 0.3) is 0 Å². The Morgan fingerprint density at radius 3 is 2.74 bits per heavy atom. The number of imidazole rings is 1. The minimum atomic E-state index is 0.175. The highest BCUT2D eigenvalue weighted by molar-refractivity contribution is 5.76. The van der Waals surface area contributed by atoms with Crippen LogP contribution in [0.5, 0.6) is 0 Å². The monoisotopic (exact) mass is 261 g/mol. The van der Waals surface area contributed by atoms with Crippen molar-refractivity contribution in [1.29, 1.82) is 0 Å². The molecule has 0 bridgehead atoms. The van der Waals surface area contributed by atoms with E-state index in [1.54, 1.807) is 0 Å². The molecule has 1 aromatic heterocycles. The Bertz CT molecular complexity index is 535. The summed E-state index contributed by atoms with van der Waals surface area (Å²) in [6.45, 7) is 7.48. The van der Waals surface area contributed by atoms with Crippen LogP contribution in [0.15, 0.2) is 24.3 Å². The molecular formula is C15H23N3O. The Kier molecular flexibility index (Phi) is 4.56. The van der Waals surface area contributed by atoms with Crippen LogP contribution in [-0.2, 0) is 6.54 Å². The number of benzene rings is 1. The van der Waals surface area contributed by atoms with E-state index in [0.29, 0.717) is 0 Å². The van der Waals surface area contributed by atoms with Gasteiger partial charge in [-0.3, -0.25) is 0 Å². The van der Waals surface area contributed by atoms with E-state index in [-0.39, 0.29) is 18.7 Å². The maximum Gasteiger partial charge on any atom is 0.126 e. The summed E-state index contributed by atoms with van der Waals surface area (Å²) in [5.74, 6) is 1.06. The number of para-hydroxylation sites is 2. The number of aryl methyl sites for hydroxylation is 1. The first kappa shape index (κ1) is 14.0. The fraction of sp³-hybridized carbons (Fsp3) is 0.533. The number of nitrogens with one attached hydrogen (secondary N) is 1. The molecular weight excluding hydrogens is 238 g/mol. The molecule has 0 radical (unpaired) electrons. The van der Waals surface area contributed by atoms with Gasteiger partial charge in [-0.2, -0.15) is 0 Å². The number of rotatable bonds is 6. The van der Waals surface area contributed by atoms with Crippen molar-refractivity contribution in [2.75, 3.05) is 6.61 Å². The topological polar surface area (TPSA) is 50.1 Å². The maximum atomic E-state index is 8.97. The third-order valence-corrected chi connectivity index (χ3v) is 3.48. The van der Waals surface area contributed by atoms with Crippen molar-refractivity contribution in [3.8, 4) is 0 Å². The lowest BCUT2D eigenvalue weighted by atomic mass is 10.2. The van der Waals surface area contributed by atoms with E-state index in [1.807, 2.05) is 12.1 Å². The fourth-order valence-electron chi connectivity index (χ4n) is 2.54. The highest BCUT2D eigenvalue weighted by Gasteiger charge is 2.16. The van der Waals surface area contributed by atoms with Gasteiger partial charge >= 0.3 is 0 Å². The van der Waals surface area contributed by atoms with Crippen molar-refractivity contribution >= 4 is 11.0 Å². The first-order valence-electron chi connectivity index (χ1n) is 6.99. The van der Waals surface area contributed by atoms with Gasteiger partial charge in [0.1, 0.15) is 5.82 Å². The molecule has 0 aliphatic carbocycles. The molecule has 2 aromatic rings. The smallest absolute Gasteiger partial charge is 0.126 e. The number of aromatic nitrogens is 2. The molecule has 0 aliphatic heterocycles. The lowest BCUT2D eigenvalue weighted by Gasteiger charge is -2.19. The Labute approximate surface area is 114 Å². The molecule has 0 amide bonds. The fourth-order valence-corrected chi connectivity index (χ4v) is 2.54. The molecule has 1 heterocycles. The van der Waals surface area contributed by atoms with Gasteiger partial charge in [0.2, 0.25) is 0 Å². The highest BCUT2D eigenvalue weighted by Crippen LogP contribution is 2.21. The van der Waals surface area contributed by atoms with Gasteiger partial charge < -0.3 is 15.0 Å². The van der Waals surface area contributed by atoms with Crippen molar-refractivity contribution in [3.63, 3.8) is 0 Å². The number of nitrogens with zero attached hydrogens (tertiary/aromatic N) is 2. The summed E-state index contributed by atoms with van der Waals surface area (Å²) >= 11 is 0. The lowest BCUT2D eigenvalue weighted by Crippen LogP contribution is -2.31. The second-order valence-electron chi connectivity index (χ2n) is 5.00. The van der Waals surface area contributed by atoms with E-state index in [1.165, 1.54) is 5.52 Å². The molecule has 0 saturated heterocycles. The van der Waals surface area contributed by atoms with Gasteiger partial charge in [-0.25, -0.2) is 4.98 Å². The van der Waals surface area contributed by atoms with Crippen molar-refractivity contribution in [2.45, 2.75) is 45.8 Å². The Balaban J connectivity index is 2.28. The zero-order chi connectivity index (χ0) is 13.8. The zero-order valence-corrected chi connectivity index (χ0v) is 11.9. The van der Waals surface area contributed by atoms with Crippen molar-refractivity contribution < 1.29 is 5.11 Å². The van der Waals surface area contributed by atoms with Crippen LogP contribution in [0.1, 0.15) is 39.1 Å². The van der Waals surface area contributed by atoms with Gasteiger partial charge in [0.15, 0.2) is 0 Å². The number of aliphatic hydroxyl groups excluding tert-OH is 1.